The molecule has 0 saturated heterocycles. The topological polar surface area (TPSA) is 20.2 Å². The Kier molecular flexibility index (Phi) is 7.35. The second-order valence-corrected chi connectivity index (χ2v) is 5.22. The lowest BCUT2D eigenvalue weighted by Gasteiger charge is -2.09. The van der Waals surface area contributed by atoms with Crippen molar-refractivity contribution in [3.63, 3.8) is 0 Å². The predicted octanol–water partition coefficient (Wildman–Crippen LogP) is 4.11. The van der Waals surface area contributed by atoms with Crippen molar-refractivity contribution in [2.75, 3.05) is 5.75 Å². The van der Waals surface area contributed by atoms with Crippen LogP contribution in [0.5, 0.6) is 0 Å². The molecule has 90 valence electrons. The normalized spacial score (nSPS) is 12.6. The van der Waals surface area contributed by atoms with Gasteiger partial charge in [-0.3, -0.25) is 0 Å². The zero-order chi connectivity index (χ0) is 11.6. The van der Waals surface area contributed by atoms with Gasteiger partial charge in [0.15, 0.2) is 0 Å². The largest absolute Gasteiger partial charge is 0.392 e. The molecular formula is C14H22OS. The molecule has 0 bridgehead atoms. The van der Waals surface area contributed by atoms with Gasteiger partial charge in [-0.1, -0.05) is 50.8 Å². The van der Waals surface area contributed by atoms with Gasteiger partial charge in [0.2, 0.25) is 0 Å². The molecule has 1 nitrogen and oxygen atoms in total. The van der Waals surface area contributed by atoms with Crippen LogP contribution in [0, 0.1) is 0 Å². The first-order valence-corrected chi connectivity index (χ1v) is 7.17. The predicted molar refractivity (Wildman–Crippen MR) is 71.9 cm³/mol. The Morgan fingerprint density at radius 2 is 1.88 bits per heavy atom. The van der Waals surface area contributed by atoms with Gasteiger partial charge >= 0.3 is 0 Å². The fourth-order valence-electron chi connectivity index (χ4n) is 1.60. The van der Waals surface area contributed by atoms with Crippen molar-refractivity contribution in [2.45, 2.75) is 50.0 Å². The van der Waals surface area contributed by atoms with Crippen LogP contribution in [0.15, 0.2) is 35.2 Å². The molecule has 0 fully saturated rings. The number of thioether (sulfide) groups is 1. The molecule has 0 saturated carbocycles. The Labute approximate surface area is 103 Å². The first kappa shape index (κ1) is 13.6. The monoisotopic (exact) mass is 238 g/mol. The van der Waals surface area contributed by atoms with Gasteiger partial charge in [-0.05, 0) is 18.6 Å². The van der Waals surface area contributed by atoms with E-state index in [9.17, 15) is 5.11 Å². The van der Waals surface area contributed by atoms with Gasteiger partial charge < -0.3 is 5.11 Å². The van der Waals surface area contributed by atoms with Crippen molar-refractivity contribution in [1.82, 2.24) is 0 Å². The Morgan fingerprint density at radius 3 is 2.56 bits per heavy atom. The lowest BCUT2D eigenvalue weighted by molar-refractivity contribution is 0.185. The van der Waals surface area contributed by atoms with Crippen LogP contribution in [0.25, 0.3) is 0 Å². The van der Waals surface area contributed by atoms with Crippen LogP contribution in [0.1, 0.15) is 39.0 Å². The average Bonchev–Trinajstić information content (AvgIpc) is 2.33. The van der Waals surface area contributed by atoms with Crippen LogP contribution < -0.4 is 0 Å². The molecule has 0 aliphatic carbocycles. The molecule has 1 atom stereocenters. The summed E-state index contributed by atoms with van der Waals surface area (Å²) in [5, 5.41) is 9.79. The summed E-state index contributed by atoms with van der Waals surface area (Å²) >= 11 is 1.74. The molecule has 0 radical (unpaired) electrons. The van der Waals surface area contributed by atoms with Gasteiger partial charge in [0.1, 0.15) is 0 Å². The number of hydrogen-bond acceptors (Lipinski definition) is 2. The highest BCUT2D eigenvalue weighted by Gasteiger charge is 2.04. The highest BCUT2D eigenvalue weighted by Crippen LogP contribution is 2.19. The van der Waals surface area contributed by atoms with Crippen molar-refractivity contribution in [3.8, 4) is 0 Å². The highest BCUT2D eigenvalue weighted by atomic mass is 32.2. The van der Waals surface area contributed by atoms with E-state index in [1.54, 1.807) is 11.8 Å². The van der Waals surface area contributed by atoms with Crippen molar-refractivity contribution >= 4 is 11.8 Å². The Bertz CT molecular complexity index is 261. The van der Waals surface area contributed by atoms with Crippen molar-refractivity contribution < 1.29 is 5.11 Å². The molecule has 0 aliphatic rings. The zero-order valence-corrected chi connectivity index (χ0v) is 10.9. The summed E-state index contributed by atoms with van der Waals surface area (Å²) in [5.41, 5.74) is 0. The van der Waals surface area contributed by atoms with Gasteiger partial charge in [-0.2, -0.15) is 0 Å². The molecule has 1 aromatic carbocycles. The van der Waals surface area contributed by atoms with Crippen LogP contribution in [0.3, 0.4) is 0 Å². The average molecular weight is 238 g/mol. The third-order valence-corrected chi connectivity index (χ3v) is 3.73. The Hall–Kier alpha value is -0.470. The summed E-state index contributed by atoms with van der Waals surface area (Å²) in [6.07, 6.45) is 5.75. The summed E-state index contributed by atoms with van der Waals surface area (Å²) in [7, 11) is 0. The zero-order valence-electron chi connectivity index (χ0n) is 10.1. The van der Waals surface area contributed by atoms with E-state index in [1.165, 1.54) is 24.2 Å². The molecular weight excluding hydrogens is 216 g/mol. The third kappa shape index (κ3) is 6.19. The molecule has 0 aliphatic heterocycles. The van der Waals surface area contributed by atoms with Crippen LogP contribution in [0.4, 0.5) is 0 Å². The second-order valence-electron chi connectivity index (χ2n) is 4.13. The minimum absolute atomic E-state index is 0.151. The van der Waals surface area contributed by atoms with Crippen LogP contribution >= 0.6 is 11.8 Å². The van der Waals surface area contributed by atoms with E-state index in [2.05, 4.69) is 19.1 Å². The van der Waals surface area contributed by atoms with Crippen LogP contribution in [-0.2, 0) is 0 Å². The van der Waals surface area contributed by atoms with Crippen LogP contribution in [0.2, 0.25) is 0 Å². The lowest BCUT2D eigenvalue weighted by Crippen LogP contribution is -2.09. The van der Waals surface area contributed by atoms with Gasteiger partial charge in [0, 0.05) is 10.6 Å². The maximum Gasteiger partial charge on any atom is 0.0634 e. The lowest BCUT2D eigenvalue weighted by atomic mass is 10.1. The summed E-state index contributed by atoms with van der Waals surface area (Å²) in [4.78, 5) is 1.25. The maximum absolute atomic E-state index is 9.79. The number of hydrogen-bond donors (Lipinski definition) is 1. The number of unbranched alkanes of at least 4 members (excludes halogenated alkanes) is 3. The summed E-state index contributed by atoms with van der Waals surface area (Å²) in [5.74, 6) is 0.816. The maximum atomic E-state index is 9.79. The number of benzene rings is 1. The Morgan fingerprint density at radius 1 is 1.12 bits per heavy atom. The van der Waals surface area contributed by atoms with E-state index in [0.717, 1.165) is 18.6 Å². The van der Waals surface area contributed by atoms with E-state index < -0.39 is 0 Å². The summed E-state index contributed by atoms with van der Waals surface area (Å²) < 4.78 is 0. The molecule has 0 amide bonds. The molecule has 1 rings (SSSR count). The standard InChI is InChI=1S/C14H22OS/c1-2-3-4-6-9-13(15)12-16-14-10-7-5-8-11-14/h5,7-8,10-11,13,15H,2-4,6,9,12H2,1H3. The molecule has 1 unspecified atom stereocenters. The molecule has 2 heteroatoms. The fourth-order valence-corrected chi connectivity index (χ4v) is 2.50. The van der Waals surface area contributed by atoms with Crippen molar-refractivity contribution in [2.24, 2.45) is 0 Å². The second kappa shape index (κ2) is 8.66. The molecule has 1 N–H and O–H groups in total. The van der Waals surface area contributed by atoms with Crippen LogP contribution in [-0.4, -0.2) is 17.0 Å². The highest BCUT2D eigenvalue weighted by molar-refractivity contribution is 7.99. The van der Waals surface area contributed by atoms with E-state index >= 15 is 0 Å². The first-order chi connectivity index (χ1) is 7.83. The SMILES string of the molecule is CCCCCCC(O)CSc1ccccc1. The minimum atomic E-state index is -0.151. The van der Waals surface area contributed by atoms with E-state index in [4.69, 9.17) is 0 Å². The minimum Gasteiger partial charge on any atom is -0.392 e. The van der Waals surface area contributed by atoms with Gasteiger partial charge in [0.25, 0.3) is 0 Å². The molecule has 0 aromatic heterocycles. The fraction of sp³-hybridized carbons (Fsp3) is 0.571. The Balaban J connectivity index is 2.08. The number of aliphatic hydroxyl groups is 1. The van der Waals surface area contributed by atoms with Gasteiger partial charge in [-0.25, -0.2) is 0 Å². The summed E-state index contributed by atoms with van der Waals surface area (Å²) in [6, 6.07) is 10.3. The van der Waals surface area contributed by atoms with Crippen molar-refractivity contribution in [1.29, 1.82) is 0 Å². The molecule has 16 heavy (non-hydrogen) atoms. The van der Waals surface area contributed by atoms with E-state index in [1.807, 2.05) is 18.2 Å². The quantitative estimate of drug-likeness (QED) is 0.543. The summed E-state index contributed by atoms with van der Waals surface area (Å²) in [6.45, 7) is 2.21. The first-order valence-electron chi connectivity index (χ1n) is 6.19. The number of rotatable bonds is 8. The number of aliphatic hydroxyl groups excluding tert-OH is 1. The van der Waals surface area contributed by atoms with Gasteiger partial charge in [-0.15, -0.1) is 11.8 Å². The molecule has 1 aromatic rings. The smallest absolute Gasteiger partial charge is 0.0634 e. The van der Waals surface area contributed by atoms with Crippen molar-refractivity contribution in [3.05, 3.63) is 30.3 Å². The molecule has 0 heterocycles. The third-order valence-electron chi connectivity index (χ3n) is 2.58. The van der Waals surface area contributed by atoms with E-state index in [-0.39, 0.29) is 6.10 Å². The molecule has 0 spiro atoms. The van der Waals surface area contributed by atoms with Gasteiger partial charge in [0.05, 0.1) is 6.10 Å². The van der Waals surface area contributed by atoms with E-state index in [0.29, 0.717) is 0 Å².